The molecule has 0 unspecified atom stereocenters. The van der Waals surface area contributed by atoms with Gasteiger partial charge >= 0.3 is 0 Å². The van der Waals surface area contributed by atoms with Crippen LogP contribution in [0.3, 0.4) is 0 Å². The molecule has 1 amide bonds. The molecule has 6 nitrogen and oxygen atoms in total. The van der Waals surface area contributed by atoms with Crippen molar-refractivity contribution in [3.8, 4) is 5.75 Å². The minimum Gasteiger partial charge on any atom is -0.497 e. The number of nitrogens with one attached hydrogen (secondary N) is 1. The van der Waals surface area contributed by atoms with Gasteiger partial charge in [-0.05, 0) is 41.8 Å². The number of thiazole rings is 1. The highest BCUT2D eigenvalue weighted by molar-refractivity contribution is 7.13. The zero-order chi connectivity index (χ0) is 18.6. The summed E-state index contributed by atoms with van der Waals surface area (Å²) < 4.78 is 5.28. The molecule has 4 rings (SSSR count). The van der Waals surface area contributed by atoms with Crippen molar-refractivity contribution in [2.45, 2.75) is 19.4 Å². The van der Waals surface area contributed by atoms with Crippen LogP contribution in [0.2, 0.25) is 0 Å². The summed E-state index contributed by atoms with van der Waals surface area (Å²) in [6.07, 6.45) is 2.89. The molecule has 7 heteroatoms. The average Bonchev–Trinajstić information content (AvgIpc) is 3.14. The van der Waals surface area contributed by atoms with Crippen LogP contribution in [0.4, 0.5) is 10.9 Å². The lowest BCUT2D eigenvalue weighted by atomic mass is 9.99. The number of carbonyl (C=O) groups is 1. The highest BCUT2D eigenvalue weighted by Gasteiger charge is 2.22. The second-order valence-electron chi connectivity index (χ2n) is 6.36. The third-order valence-electron chi connectivity index (χ3n) is 4.56. The van der Waals surface area contributed by atoms with Crippen molar-refractivity contribution in [2.75, 3.05) is 19.0 Å². The topological polar surface area (TPSA) is 67.3 Å². The molecule has 3 aromatic rings. The van der Waals surface area contributed by atoms with E-state index >= 15 is 0 Å². The van der Waals surface area contributed by atoms with E-state index in [0.717, 1.165) is 35.4 Å². The van der Waals surface area contributed by atoms with Gasteiger partial charge in [-0.15, -0.1) is 11.3 Å². The van der Waals surface area contributed by atoms with Gasteiger partial charge < -0.3 is 15.0 Å². The van der Waals surface area contributed by atoms with Gasteiger partial charge in [0.1, 0.15) is 11.6 Å². The predicted molar refractivity (Wildman–Crippen MR) is 105 cm³/mol. The Morgan fingerprint density at radius 2 is 2.22 bits per heavy atom. The molecule has 0 bridgehead atoms. The Morgan fingerprint density at radius 1 is 1.30 bits per heavy atom. The SMILES string of the molecule is COc1ccc2c(c1)CCN(C(=O)Cc1csc(Nc3ccccn3)n1)C2. The van der Waals surface area contributed by atoms with Gasteiger partial charge in [-0.1, -0.05) is 12.1 Å². The highest BCUT2D eigenvalue weighted by Crippen LogP contribution is 2.25. The van der Waals surface area contributed by atoms with Crippen molar-refractivity contribution in [3.05, 3.63) is 64.8 Å². The molecule has 0 atom stereocenters. The Hall–Kier alpha value is -2.93. The number of nitrogens with zero attached hydrogens (tertiary/aromatic N) is 3. The van der Waals surface area contributed by atoms with Crippen LogP contribution < -0.4 is 10.1 Å². The summed E-state index contributed by atoms with van der Waals surface area (Å²) in [6, 6.07) is 11.7. The van der Waals surface area contributed by atoms with Crippen LogP contribution in [0.5, 0.6) is 5.75 Å². The van der Waals surface area contributed by atoms with Crippen LogP contribution in [-0.4, -0.2) is 34.4 Å². The number of pyridine rings is 1. The molecule has 0 fully saturated rings. The smallest absolute Gasteiger partial charge is 0.228 e. The van der Waals surface area contributed by atoms with Crippen LogP contribution in [-0.2, 0) is 24.2 Å². The standard InChI is InChI=1S/C20H20N4O2S/c1-26-17-6-5-15-12-24(9-7-14(15)10-17)19(25)11-16-13-27-20(22-16)23-18-4-2-3-8-21-18/h2-6,8,10,13H,7,9,11-12H2,1H3,(H,21,22,23). The molecule has 1 aromatic carbocycles. The maximum Gasteiger partial charge on any atom is 0.228 e. The van der Waals surface area contributed by atoms with Crippen LogP contribution in [0.25, 0.3) is 0 Å². The van der Waals surface area contributed by atoms with E-state index in [1.807, 2.05) is 40.6 Å². The molecule has 1 aliphatic rings. The fourth-order valence-corrected chi connectivity index (χ4v) is 3.84. The van der Waals surface area contributed by atoms with Gasteiger partial charge in [0.05, 0.1) is 19.2 Å². The van der Waals surface area contributed by atoms with Crippen molar-refractivity contribution < 1.29 is 9.53 Å². The minimum absolute atomic E-state index is 0.103. The summed E-state index contributed by atoms with van der Waals surface area (Å²) in [5.74, 6) is 1.71. The number of rotatable bonds is 5. The van der Waals surface area contributed by atoms with Gasteiger partial charge in [0.25, 0.3) is 0 Å². The molecular weight excluding hydrogens is 360 g/mol. The summed E-state index contributed by atoms with van der Waals surface area (Å²) in [5.41, 5.74) is 3.23. The molecule has 138 valence electrons. The van der Waals surface area contributed by atoms with Gasteiger partial charge in [-0.2, -0.15) is 0 Å². The van der Waals surface area contributed by atoms with Crippen molar-refractivity contribution in [1.82, 2.24) is 14.9 Å². The van der Waals surface area contributed by atoms with Gasteiger partial charge in [-0.3, -0.25) is 4.79 Å². The van der Waals surface area contributed by atoms with Crippen molar-refractivity contribution >= 4 is 28.2 Å². The van der Waals surface area contributed by atoms with Crippen LogP contribution >= 0.6 is 11.3 Å². The fourth-order valence-electron chi connectivity index (χ4n) is 3.13. The number of benzene rings is 1. The van der Waals surface area contributed by atoms with Crippen molar-refractivity contribution in [2.24, 2.45) is 0 Å². The quantitative estimate of drug-likeness (QED) is 0.735. The lowest BCUT2D eigenvalue weighted by Crippen LogP contribution is -2.36. The summed E-state index contributed by atoms with van der Waals surface area (Å²) in [4.78, 5) is 23.3. The first-order chi connectivity index (χ1) is 13.2. The Labute approximate surface area is 161 Å². The lowest BCUT2D eigenvalue weighted by molar-refractivity contribution is -0.131. The van der Waals surface area contributed by atoms with Gasteiger partial charge in [0, 0.05) is 24.7 Å². The molecule has 0 saturated carbocycles. The number of hydrogen-bond acceptors (Lipinski definition) is 6. The van der Waals surface area contributed by atoms with E-state index in [1.165, 1.54) is 22.5 Å². The van der Waals surface area contributed by atoms with E-state index in [0.29, 0.717) is 13.0 Å². The van der Waals surface area contributed by atoms with Crippen LogP contribution in [0.15, 0.2) is 48.0 Å². The zero-order valence-corrected chi connectivity index (χ0v) is 15.8. The molecule has 0 aliphatic carbocycles. The second-order valence-corrected chi connectivity index (χ2v) is 7.22. The molecule has 0 spiro atoms. The molecule has 1 N–H and O–H groups in total. The number of fused-ring (bicyclic) bond motifs is 1. The second kappa shape index (κ2) is 7.75. The van der Waals surface area contributed by atoms with Gasteiger partial charge in [0.2, 0.25) is 5.91 Å². The first kappa shape index (κ1) is 17.5. The van der Waals surface area contributed by atoms with E-state index in [-0.39, 0.29) is 5.91 Å². The number of methoxy groups -OCH3 is 1. The molecular formula is C20H20N4O2S. The Morgan fingerprint density at radius 3 is 3.04 bits per heavy atom. The van der Waals surface area contributed by atoms with E-state index in [2.05, 4.69) is 21.4 Å². The average molecular weight is 380 g/mol. The normalized spacial score (nSPS) is 13.1. The Kier molecular flexibility index (Phi) is 5.02. The first-order valence-corrected chi connectivity index (χ1v) is 9.65. The summed E-state index contributed by atoms with van der Waals surface area (Å²) in [6.45, 7) is 1.36. The fraction of sp³-hybridized carbons (Fsp3) is 0.250. The summed E-state index contributed by atoms with van der Waals surface area (Å²) >= 11 is 1.48. The van der Waals surface area contributed by atoms with E-state index < -0.39 is 0 Å². The Bertz CT molecular complexity index is 942. The van der Waals surface area contributed by atoms with E-state index in [1.54, 1.807) is 13.3 Å². The summed E-state index contributed by atoms with van der Waals surface area (Å²) in [5, 5.41) is 5.83. The maximum absolute atomic E-state index is 12.7. The predicted octanol–water partition coefficient (Wildman–Crippen LogP) is 3.42. The molecule has 27 heavy (non-hydrogen) atoms. The Balaban J connectivity index is 1.38. The number of carbonyl (C=O) groups excluding carboxylic acids is 1. The molecule has 3 heterocycles. The number of hydrogen-bond donors (Lipinski definition) is 1. The summed E-state index contributed by atoms with van der Waals surface area (Å²) in [7, 11) is 1.67. The van der Waals surface area contributed by atoms with E-state index in [9.17, 15) is 4.79 Å². The van der Waals surface area contributed by atoms with E-state index in [4.69, 9.17) is 4.74 Å². The number of amides is 1. The molecule has 2 aromatic heterocycles. The van der Waals surface area contributed by atoms with Crippen LogP contribution in [0, 0.1) is 0 Å². The van der Waals surface area contributed by atoms with Crippen molar-refractivity contribution in [3.63, 3.8) is 0 Å². The van der Waals surface area contributed by atoms with Crippen LogP contribution in [0.1, 0.15) is 16.8 Å². The third-order valence-corrected chi connectivity index (χ3v) is 5.37. The molecule has 1 aliphatic heterocycles. The number of anilines is 2. The monoisotopic (exact) mass is 380 g/mol. The largest absolute Gasteiger partial charge is 0.497 e. The molecule has 0 radical (unpaired) electrons. The first-order valence-electron chi connectivity index (χ1n) is 8.77. The van der Waals surface area contributed by atoms with Crippen molar-refractivity contribution in [1.29, 1.82) is 0 Å². The van der Waals surface area contributed by atoms with Gasteiger partial charge in [0.15, 0.2) is 5.13 Å². The number of ether oxygens (including phenoxy) is 1. The number of aromatic nitrogens is 2. The minimum atomic E-state index is 0.103. The lowest BCUT2D eigenvalue weighted by Gasteiger charge is -2.29. The van der Waals surface area contributed by atoms with Gasteiger partial charge in [-0.25, -0.2) is 9.97 Å². The third kappa shape index (κ3) is 4.09. The zero-order valence-electron chi connectivity index (χ0n) is 15.0. The highest BCUT2D eigenvalue weighted by atomic mass is 32.1. The maximum atomic E-state index is 12.7. The molecule has 0 saturated heterocycles.